The molecule has 0 spiro atoms. The van der Waals surface area contributed by atoms with Gasteiger partial charge in [0.2, 0.25) is 17.7 Å². The molecular weight excluding hydrogens is 422 g/mol. The first-order chi connectivity index (χ1) is 13.6. The van der Waals surface area contributed by atoms with Crippen molar-refractivity contribution in [2.75, 3.05) is 18.1 Å². The average Bonchev–Trinajstić information content (AvgIpc) is 2.67. The van der Waals surface area contributed by atoms with Crippen LogP contribution in [0.3, 0.4) is 0 Å². The SMILES string of the molecule is CC(O)C(NC(=O)C(N)CS)C(=O)NC(CCCCN)C(=O)NC(CS)C(=O)O. The molecular formula is C16H31N5O6S2. The number of thiol groups is 2. The number of rotatable bonds is 14. The Bertz CT molecular complexity index is 566. The predicted octanol–water partition coefficient (Wildman–Crippen LogP) is -2.78. The van der Waals surface area contributed by atoms with E-state index in [1.165, 1.54) is 6.92 Å². The molecule has 0 aliphatic rings. The number of carbonyl (C=O) groups excluding carboxylic acids is 3. The van der Waals surface area contributed by atoms with Crippen LogP contribution in [-0.2, 0) is 19.2 Å². The number of nitrogens with one attached hydrogen (secondary N) is 3. The Hall–Kier alpha value is -1.54. The lowest BCUT2D eigenvalue weighted by molar-refractivity contribution is -0.141. The third kappa shape index (κ3) is 10.2. The Morgan fingerprint density at radius 2 is 1.52 bits per heavy atom. The second-order valence-corrected chi connectivity index (χ2v) is 7.17. The van der Waals surface area contributed by atoms with E-state index in [1.54, 1.807) is 0 Å². The summed E-state index contributed by atoms with van der Waals surface area (Å²) in [5.74, 6) is -3.60. The van der Waals surface area contributed by atoms with Gasteiger partial charge in [0.15, 0.2) is 0 Å². The van der Waals surface area contributed by atoms with Gasteiger partial charge in [0.05, 0.1) is 12.1 Å². The standard InChI is InChI=1S/C16H31N5O6S2/c1-8(22)12(21-13(23)9(18)6-28)15(25)19-10(4-2-3-5-17)14(24)20-11(7-29)16(26)27/h8-12,22,28-29H,2-7,17-18H2,1H3,(H,19,25)(H,20,24)(H,21,23)(H,26,27). The van der Waals surface area contributed by atoms with Gasteiger partial charge in [-0.2, -0.15) is 25.3 Å². The average molecular weight is 454 g/mol. The minimum absolute atomic E-state index is 0.0321. The minimum Gasteiger partial charge on any atom is -0.480 e. The lowest BCUT2D eigenvalue weighted by Crippen LogP contribution is -2.60. The molecule has 5 atom stereocenters. The quantitative estimate of drug-likeness (QED) is 0.0994. The molecule has 0 aliphatic carbocycles. The fourth-order valence-corrected chi connectivity index (χ4v) is 2.64. The highest BCUT2D eigenvalue weighted by molar-refractivity contribution is 7.80. The summed E-state index contributed by atoms with van der Waals surface area (Å²) in [6, 6.07) is -4.67. The van der Waals surface area contributed by atoms with E-state index in [0.29, 0.717) is 19.4 Å². The van der Waals surface area contributed by atoms with Crippen LogP contribution in [0.4, 0.5) is 0 Å². The molecule has 0 aromatic heterocycles. The van der Waals surface area contributed by atoms with Crippen molar-refractivity contribution < 1.29 is 29.4 Å². The summed E-state index contributed by atoms with van der Waals surface area (Å²) in [5.41, 5.74) is 11.0. The molecule has 0 aromatic carbocycles. The zero-order valence-corrected chi connectivity index (χ0v) is 18.0. The molecule has 5 unspecified atom stereocenters. The van der Waals surface area contributed by atoms with E-state index in [9.17, 15) is 24.3 Å². The van der Waals surface area contributed by atoms with Gasteiger partial charge < -0.3 is 37.6 Å². The fraction of sp³-hybridized carbons (Fsp3) is 0.750. The molecule has 0 aliphatic heterocycles. The van der Waals surface area contributed by atoms with Gasteiger partial charge in [0.25, 0.3) is 0 Å². The van der Waals surface area contributed by atoms with Crippen molar-refractivity contribution in [3.8, 4) is 0 Å². The van der Waals surface area contributed by atoms with Gasteiger partial charge in [0, 0.05) is 11.5 Å². The first kappa shape index (κ1) is 27.5. The van der Waals surface area contributed by atoms with E-state index in [1.807, 2.05) is 0 Å². The lowest BCUT2D eigenvalue weighted by Gasteiger charge is -2.26. The number of aliphatic carboxylic acids is 1. The topological polar surface area (TPSA) is 197 Å². The van der Waals surface area contributed by atoms with Crippen molar-refractivity contribution in [3.05, 3.63) is 0 Å². The molecule has 0 bridgehead atoms. The number of unbranched alkanes of at least 4 members (excludes halogenated alkanes) is 1. The van der Waals surface area contributed by atoms with Crippen LogP contribution in [0.25, 0.3) is 0 Å². The van der Waals surface area contributed by atoms with Crippen molar-refractivity contribution in [3.63, 3.8) is 0 Å². The zero-order valence-electron chi connectivity index (χ0n) is 16.2. The summed E-state index contributed by atoms with van der Waals surface area (Å²) in [5, 5.41) is 26.0. The highest BCUT2D eigenvalue weighted by Gasteiger charge is 2.31. The third-order valence-electron chi connectivity index (χ3n) is 3.97. The van der Waals surface area contributed by atoms with Gasteiger partial charge in [-0.25, -0.2) is 4.79 Å². The van der Waals surface area contributed by atoms with E-state index in [2.05, 4.69) is 41.2 Å². The summed E-state index contributed by atoms with van der Waals surface area (Å²) in [6.07, 6.45) is -0.0151. The molecule has 0 saturated heterocycles. The third-order valence-corrected chi connectivity index (χ3v) is 4.73. The number of carboxylic acids is 1. The summed E-state index contributed by atoms with van der Waals surface area (Å²) in [4.78, 5) is 48.1. The molecule has 3 amide bonds. The van der Waals surface area contributed by atoms with Gasteiger partial charge in [-0.15, -0.1) is 0 Å². The number of aliphatic hydroxyl groups excluding tert-OH is 1. The van der Waals surface area contributed by atoms with E-state index in [-0.39, 0.29) is 17.9 Å². The molecule has 0 saturated carbocycles. The first-order valence-electron chi connectivity index (χ1n) is 9.08. The van der Waals surface area contributed by atoms with Crippen molar-refractivity contribution in [2.24, 2.45) is 11.5 Å². The Kier molecular flexibility index (Phi) is 13.7. The van der Waals surface area contributed by atoms with Crippen LogP contribution in [0.5, 0.6) is 0 Å². The number of amides is 3. The molecule has 0 heterocycles. The summed E-state index contributed by atoms with van der Waals surface area (Å²) in [7, 11) is 0. The van der Waals surface area contributed by atoms with Gasteiger partial charge >= 0.3 is 5.97 Å². The highest BCUT2D eigenvalue weighted by atomic mass is 32.1. The van der Waals surface area contributed by atoms with E-state index in [4.69, 9.17) is 16.6 Å². The van der Waals surface area contributed by atoms with E-state index >= 15 is 0 Å². The second-order valence-electron chi connectivity index (χ2n) is 6.44. The molecule has 13 heteroatoms. The number of nitrogens with two attached hydrogens (primary N) is 2. The molecule has 9 N–H and O–H groups in total. The molecule has 0 rings (SSSR count). The smallest absolute Gasteiger partial charge is 0.327 e. The Morgan fingerprint density at radius 1 is 0.931 bits per heavy atom. The van der Waals surface area contributed by atoms with Crippen LogP contribution < -0.4 is 27.4 Å². The van der Waals surface area contributed by atoms with E-state index in [0.717, 1.165) is 0 Å². The van der Waals surface area contributed by atoms with Crippen LogP contribution in [-0.4, -0.2) is 82.2 Å². The van der Waals surface area contributed by atoms with Crippen LogP contribution in [0.1, 0.15) is 26.2 Å². The minimum atomic E-state index is -1.36. The normalized spacial score (nSPS) is 16.1. The highest BCUT2D eigenvalue weighted by Crippen LogP contribution is 2.04. The maximum Gasteiger partial charge on any atom is 0.327 e. The fourth-order valence-electron chi connectivity index (χ4n) is 2.23. The molecule has 0 fully saturated rings. The van der Waals surface area contributed by atoms with Gasteiger partial charge in [-0.3, -0.25) is 14.4 Å². The number of aliphatic hydroxyl groups is 1. The van der Waals surface area contributed by atoms with Gasteiger partial charge in [0.1, 0.15) is 18.1 Å². The Morgan fingerprint density at radius 3 is 1.97 bits per heavy atom. The molecule has 168 valence electrons. The van der Waals surface area contributed by atoms with Crippen molar-refractivity contribution in [2.45, 2.75) is 56.5 Å². The maximum atomic E-state index is 12.6. The molecule has 0 radical (unpaired) electrons. The van der Waals surface area contributed by atoms with Crippen molar-refractivity contribution in [1.29, 1.82) is 0 Å². The summed E-state index contributed by atoms with van der Waals surface area (Å²) < 4.78 is 0. The van der Waals surface area contributed by atoms with Crippen LogP contribution >= 0.6 is 25.3 Å². The van der Waals surface area contributed by atoms with Crippen LogP contribution in [0.2, 0.25) is 0 Å². The van der Waals surface area contributed by atoms with E-state index < -0.39 is 54.0 Å². The maximum absolute atomic E-state index is 12.6. The summed E-state index contributed by atoms with van der Waals surface area (Å²) >= 11 is 7.78. The number of carbonyl (C=O) groups is 4. The van der Waals surface area contributed by atoms with Gasteiger partial charge in [-0.05, 0) is 32.7 Å². The number of carboxylic acid groups (broad SMARTS) is 1. The molecule has 0 aromatic rings. The first-order valence-corrected chi connectivity index (χ1v) is 10.3. The molecule has 29 heavy (non-hydrogen) atoms. The number of hydrogen-bond donors (Lipinski definition) is 9. The lowest BCUT2D eigenvalue weighted by atomic mass is 10.1. The number of hydrogen-bond acceptors (Lipinski definition) is 9. The summed E-state index contributed by atoms with van der Waals surface area (Å²) in [6.45, 7) is 1.67. The van der Waals surface area contributed by atoms with Crippen LogP contribution in [0, 0.1) is 0 Å². The van der Waals surface area contributed by atoms with Crippen molar-refractivity contribution >= 4 is 48.9 Å². The largest absolute Gasteiger partial charge is 0.480 e. The second kappa shape index (κ2) is 14.4. The van der Waals surface area contributed by atoms with Crippen molar-refractivity contribution in [1.82, 2.24) is 16.0 Å². The Balaban J connectivity index is 5.29. The van der Waals surface area contributed by atoms with Crippen LogP contribution in [0.15, 0.2) is 0 Å². The zero-order chi connectivity index (χ0) is 22.6. The molecule has 11 nitrogen and oxygen atoms in total. The monoisotopic (exact) mass is 453 g/mol. The Labute approximate surface area is 180 Å². The van der Waals surface area contributed by atoms with Gasteiger partial charge in [-0.1, -0.05) is 0 Å². The predicted molar refractivity (Wildman–Crippen MR) is 114 cm³/mol.